The molecule has 2 aliphatic heterocycles. The lowest BCUT2D eigenvalue weighted by Crippen LogP contribution is -2.53. The molecule has 1 saturated heterocycles. The number of nitrogens with zero attached hydrogens (tertiary/aromatic N) is 5. The summed E-state index contributed by atoms with van der Waals surface area (Å²) in [5.74, 6) is -0.304. The molecule has 1 aromatic heterocycles. The Hall–Kier alpha value is -3.29. The number of rotatable bonds is 3. The lowest BCUT2D eigenvalue weighted by molar-refractivity contribution is -0.138. The second kappa shape index (κ2) is 7.14. The Bertz CT molecular complexity index is 878. The van der Waals surface area contributed by atoms with Crippen LogP contribution < -0.4 is 4.90 Å². The molecule has 27 heavy (non-hydrogen) atoms. The van der Waals surface area contributed by atoms with Crippen LogP contribution in [0, 0.1) is 0 Å². The van der Waals surface area contributed by atoms with E-state index < -0.39 is 5.91 Å². The summed E-state index contributed by atoms with van der Waals surface area (Å²) in [4.78, 5) is 50.8. The fourth-order valence-corrected chi connectivity index (χ4v) is 3.41. The van der Waals surface area contributed by atoms with Crippen LogP contribution in [0.2, 0.25) is 0 Å². The molecule has 1 fully saturated rings. The number of fused-ring (bicyclic) bond motifs is 1. The number of amides is 3. The van der Waals surface area contributed by atoms with Crippen LogP contribution in [0.5, 0.6) is 0 Å². The van der Waals surface area contributed by atoms with Gasteiger partial charge in [0.05, 0.1) is 6.42 Å². The van der Waals surface area contributed by atoms with E-state index >= 15 is 0 Å². The van der Waals surface area contributed by atoms with Crippen molar-refractivity contribution in [1.29, 1.82) is 0 Å². The molecular weight excluding hydrogens is 346 g/mol. The zero-order chi connectivity index (χ0) is 18.8. The van der Waals surface area contributed by atoms with Crippen molar-refractivity contribution in [2.24, 2.45) is 0 Å². The Balaban J connectivity index is 1.39. The molecule has 2 aromatic rings. The molecule has 3 amide bonds. The first-order chi connectivity index (χ1) is 13.1. The molecular formula is C19H19N5O3. The number of hydrogen-bond acceptors (Lipinski definition) is 6. The standard InChI is InChI=1S/C19H19N5O3/c25-16-12-14-4-1-2-5-15(14)18(27)24(16)13-17(26)22-8-10-23(11-9-22)19-20-6-3-7-21-19/h1-7H,8-13H2. The molecule has 1 aromatic carbocycles. The van der Waals surface area contributed by atoms with Gasteiger partial charge in [0, 0.05) is 44.1 Å². The van der Waals surface area contributed by atoms with Crippen LogP contribution in [-0.2, 0) is 16.0 Å². The summed E-state index contributed by atoms with van der Waals surface area (Å²) in [6.07, 6.45) is 3.52. The van der Waals surface area contributed by atoms with Crippen LogP contribution in [0.1, 0.15) is 15.9 Å². The molecule has 4 rings (SSSR count). The average Bonchev–Trinajstić information content (AvgIpc) is 2.72. The predicted molar refractivity (Wildman–Crippen MR) is 97.0 cm³/mol. The molecule has 138 valence electrons. The number of anilines is 1. The Morgan fingerprint density at radius 1 is 0.963 bits per heavy atom. The van der Waals surface area contributed by atoms with Gasteiger partial charge in [-0.2, -0.15) is 0 Å². The number of hydrogen-bond donors (Lipinski definition) is 0. The molecule has 3 heterocycles. The summed E-state index contributed by atoms with van der Waals surface area (Å²) in [5.41, 5.74) is 1.21. The summed E-state index contributed by atoms with van der Waals surface area (Å²) >= 11 is 0. The van der Waals surface area contributed by atoms with Crippen molar-refractivity contribution in [2.45, 2.75) is 6.42 Å². The van der Waals surface area contributed by atoms with Crippen LogP contribution >= 0.6 is 0 Å². The lowest BCUT2D eigenvalue weighted by Gasteiger charge is -2.36. The van der Waals surface area contributed by atoms with Crippen molar-refractivity contribution >= 4 is 23.7 Å². The molecule has 8 heteroatoms. The number of benzene rings is 1. The largest absolute Gasteiger partial charge is 0.338 e. The first-order valence-corrected chi connectivity index (χ1v) is 8.86. The highest BCUT2D eigenvalue weighted by atomic mass is 16.2. The lowest BCUT2D eigenvalue weighted by atomic mass is 9.98. The van der Waals surface area contributed by atoms with Crippen molar-refractivity contribution in [3.05, 3.63) is 53.9 Å². The molecule has 8 nitrogen and oxygen atoms in total. The summed E-state index contributed by atoms with van der Waals surface area (Å²) < 4.78 is 0. The van der Waals surface area contributed by atoms with E-state index in [1.807, 2.05) is 4.90 Å². The van der Waals surface area contributed by atoms with E-state index in [4.69, 9.17) is 0 Å². The van der Waals surface area contributed by atoms with Gasteiger partial charge in [0.15, 0.2) is 0 Å². The fraction of sp³-hybridized carbons (Fsp3) is 0.316. The second-order valence-corrected chi connectivity index (χ2v) is 6.54. The van der Waals surface area contributed by atoms with E-state index in [1.54, 1.807) is 47.6 Å². The monoisotopic (exact) mass is 365 g/mol. The molecule has 0 unspecified atom stereocenters. The highest BCUT2D eigenvalue weighted by Gasteiger charge is 2.33. The maximum absolute atomic E-state index is 12.6. The van der Waals surface area contributed by atoms with Crippen LogP contribution in [-0.4, -0.2) is 70.2 Å². The molecule has 0 aliphatic carbocycles. The van der Waals surface area contributed by atoms with Crippen molar-refractivity contribution in [1.82, 2.24) is 19.8 Å². The van der Waals surface area contributed by atoms with Crippen LogP contribution in [0.15, 0.2) is 42.7 Å². The zero-order valence-electron chi connectivity index (χ0n) is 14.7. The number of carbonyl (C=O) groups is 3. The van der Waals surface area contributed by atoms with Crippen molar-refractivity contribution in [3.63, 3.8) is 0 Å². The number of imide groups is 1. The second-order valence-electron chi connectivity index (χ2n) is 6.54. The molecule has 0 saturated carbocycles. The van der Waals surface area contributed by atoms with E-state index in [0.717, 1.165) is 4.90 Å². The SMILES string of the molecule is O=C(CN1C(=O)Cc2ccccc2C1=O)N1CCN(c2ncccn2)CC1. The minimum absolute atomic E-state index is 0.147. The van der Waals surface area contributed by atoms with Gasteiger partial charge >= 0.3 is 0 Å². The molecule has 0 atom stereocenters. The number of piperazine rings is 1. The van der Waals surface area contributed by atoms with Gasteiger partial charge in [-0.1, -0.05) is 18.2 Å². The topological polar surface area (TPSA) is 86.7 Å². The smallest absolute Gasteiger partial charge is 0.261 e. The van der Waals surface area contributed by atoms with Gasteiger partial charge in [0.1, 0.15) is 6.54 Å². The minimum atomic E-state index is -0.397. The van der Waals surface area contributed by atoms with Gasteiger partial charge in [0.25, 0.3) is 5.91 Å². The quantitative estimate of drug-likeness (QED) is 0.730. The van der Waals surface area contributed by atoms with Crippen LogP contribution in [0.4, 0.5) is 5.95 Å². The highest BCUT2D eigenvalue weighted by Crippen LogP contribution is 2.20. The Morgan fingerprint density at radius 3 is 2.41 bits per heavy atom. The van der Waals surface area contributed by atoms with Gasteiger partial charge in [-0.15, -0.1) is 0 Å². The van der Waals surface area contributed by atoms with Gasteiger partial charge in [-0.05, 0) is 17.7 Å². The van der Waals surface area contributed by atoms with Crippen LogP contribution in [0.3, 0.4) is 0 Å². The molecule has 2 aliphatic rings. The minimum Gasteiger partial charge on any atom is -0.338 e. The highest BCUT2D eigenvalue weighted by molar-refractivity contribution is 6.11. The van der Waals surface area contributed by atoms with E-state index in [1.165, 1.54) is 0 Å². The van der Waals surface area contributed by atoms with E-state index in [2.05, 4.69) is 9.97 Å². The maximum Gasteiger partial charge on any atom is 0.261 e. The molecule has 0 radical (unpaired) electrons. The molecule has 0 N–H and O–H groups in total. The van der Waals surface area contributed by atoms with Crippen molar-refractivity contribution < 1.29 is 14.4 Å². The number of aromatic nitrogens is 2. The fourth-order valence-electron chi connectivity index (χ4n) is 3.41. The Labute approximate surface area is 156 Å². The van der Waals surface area contributed by atoms with Gasteiger partial charge in [-0.25, -0.2) is 9.97 Å². The first-order valence-electron chi connectivity index (χ1n) is 8.86. The zero-order valence-corrected chi connectivity index (χ0v) is 14.7. The summed E-state index contributed by atoms with van der Waals surface area (Å²) in [5, 5.41) is 0. The normalized spacial score (nSPS) is 17.1. The van der Waals surface area contributed by atoms with E-state index in [9.17, 15) is 14.4 Å². The van der Waals surface area contributed by atoms with Gasteiger partial charge < -0.3 is 9.80 Å². The van der Waals surface area contributed by atoms with Crippen LogP contribution in [0.25, 0.3) is 0 Å². The number of carbonyl (C=O) groups excluding carboxylic acids is 3. The summed E-state index contributed by atoms with van der Waals surface area (Å²) in [6, 6.07) is 8.79. The van der Waals surface area contributed by atoms with Gasteiger partial charge in [0.2, 0.25) is 17.8 Å². The van der Waals surface area contributed by atoms with Crippen molar-refractivity contribution in [2.75, 3.05) is 37.6 Å². The third-order valence-corrected chi connectivity index (χ3v) is 4.90. The maximum atomic E-state index is 12.6. The Morgan fingerprint density at radius 2 is 1.67 bits per heavy atom. The Kier molecular flexibility index (Phi) is 4.53. The van der Waals surface area contributed by atoms with E-state index in [0.29, 0.717) is 43.3 Å². The molecule has 0 bridgehead atoms. The predicted octanol–water partition coefficient (Wildman–Crippen LogP) is 0.350. The third kappa shape index (κ3) is 3.38. The summed E-state index contributed by atoms with van der Waals surface area (Å²) in [7, 11) is 0. The van der Waals surface area contributed by atoms with Gasteiger partial charge in [-0.3, -0.25) is 19.3 Å². The van der Waals surface area contributed by atoms with E-state index in [-0.39, 0.29) is 24.8 Å². The first kappa shape index (κ1) is 17.1. The van der Waals surface area contributed by atoms with Crippen molar-refractivity contribution in [3.8, 4) is 0 Å². The average molecular weight is 365 g/mol. The molecule has 0 spiro atoms. The summed E-state index contributed by atoms with van der Waals surface area (Å²) in [6.45, 7) is 2.02. The third-order valence-electron chi connectivity index (χ3n) is 4.90.